The molecule has 29 heavy (non-hydrogen) atoms. The first-order valence-electron chi connectivity index (χ1n) is 9.43. The third-order valence-corrected chi connectivity index (χ3v) is 4.62. The SMILES string of the molecule is COc1cccc(C(CNC(=O)C=Cc2cnn(-c3ccccc3)c2)N(C)C)c1. The minimum absolute atomic E-state index is 0.0447. The smallest absolute Gasteiger partial charge is 0.244 e. The van der Waals surface area contributed by atoms with Gasteiger partial charge in [0.15, 0.2) is 0 Å². The number of rotatable bonds is 8. The monoisotopic (exact) mass is 390 g/mol. The van der Waals surface area contributed by atoms with Crippen molar-refractivity contribution in [3.63, 3.8) is 0 Å². The molecule has 0 aliphatic rings. The van der Waals surface area contributed by atoms with Gasteiger partial charge in [-0.3, -0.25) is 4.79 Å². The number of amides is 1. The first-order chi connectivity index (χ1) is 14.1. The Balaban J connectivity index is 1.60. The fraction of sp³-hybridized carbons (Fsp3) is 0.217. The van der Waals surface area contributed by atoms with E-state index in [1.165, 1.54) is 6.08 Å². The Bertz CT molecular complexity index is 964. The molecule has 0 aliphatic carbocycles. The zero-order valence-electron chi connectivity index (χ0n) is 16.9. The Hall–Kier alpha value is -3.38. The van der Waals surface area contributed by atoms with Crippen molar-refractivity contribution in [2.45, 2.75) is 6.04 Å². The molecule has 1 unspecified atom stereocenters. The van der Waals surface area contributed by atoms with E-state index in [2.05, 4.69) is 15.3 Å². The molecule has 0 radical (unpaired) electrons. The van der Waals surface area contributed by atoms with Crippen molar-refractivity contribution in [3.8, 4) is 11.4 Å². The molecule has 2 aromatic carbocycles. The van der Waals surface area contributed by atoms with E-state index in [0.29, 0.717) is 6.54 Å². The van der Waals surface area contributed by atoms with Crippen molar-refractivity contribution in [3.05, 3.63) is 84.2 Å². The molecule has 1 amide bonds. The number of nitrogens with one attached hydrogen (secondary N) is 1. The van der Waals surface area contributed by atoms with E-state index < -0.39 is 0 Å². The van der Waals surface area contributed by atoms with Gasteiger partial charge in [-0.1, -0.05) is 30.3 Å². The van der Waals surface area contributed by atoms with E-state index >= 15 is 0 Å². The Morgan fingerprint density at radius 3 is 2.72 bits per heavy atom. The maximum Gasteiger partial charge on any atom is 0.244 e. The number of methoxy groups -OCH3 is 1. The molecule has 0 saturated carbocycles. The van der Waals surface area contributed by atoms with Gasteiger partial charge in [-0.15, -0.1) is 0 Å². The minimum Gasteiger partial charge on any atom is -0.497 e. The number of aromatic nitrogens is 2. The van der Waals surface area contributed by atoms with Crippen LogP contribution in [0.1, 0.15) is 17.2 Å². The molecule has 1 heterocycles. The van der Waals surface area contributed by atoms with Crippen LogP contribution in [0, 0.1) is 0 Å². The minimum atomic E-state index is -0.146. The molecule has 6 heteroatoms. The lowest BCUT2D eigenvalue weighted by Gasteiger charge is -2.25. The van der Waals surface area contributed by atoms with Gasteiger partial charge in [-0.2, -0.15) is 5.10 Å². The van der Waals surface area contributed by atoms with Gasteiger partial charge in [0, 0.05) is 24.4 Å². The highest BCUT2D eigenvalue weighted by atomic mass is 16.5. The molecule has 0 saturated heterocycles. The van der Waals surface area contributed by atoms with Crippen LogP contribution >= 0.6 is 0 Å². The summed E-state index contributed by atoms with van der Waals surface area (Å²) < 4.78 is 7.09. The summed E-state index contributed by atoms with van der Waals surface area (Å²) in [6.45, 7) is 0.493. The average Bonchev–Trinajstić information content (AvgIpc) is 3.22. The predicted molar refractivity (Wildman–Crippen MR) is 115 cm³/mol. The molecule has 150 valence electrons. The van der Waals surface area contributed by atoms with Crippen molar-refractivity contribution in [1.82, 2.24) is 20.0 Å². The highest BCUT2D eigenvalue weighted by Gasteiger charge is 2.15. The van der Waals surface area contributed by atoms with Crippen molar-refractivity contribution in [2.24, 2.45) is 0 Å². The van der Waals surface area contributed by atoms with Gasteiger partial charge < -0.3 is 15.0 Å². The summed E-state index contributed by atoms with van der Waals surface area (Å²) >= 11 is 0. The maximum absolute atomic E-state index is 12.3. The molecule has 1 atom stereocenters. The van der Waals surface area contributed by atoms with Crippen LogP contribution in [-0.4, -0.2) is 48.3 Å². The van der Waals surface area contributed by atoms with Gasteiger partial charge in [-0.05, 0) is 50.0 Å². The summed E-state index contributed by atoms with van der Waals surface area (Å²) in [4.78, 5) is 14.4. The summed E-state index contributed by atoms with van der Waals surface area (Å²) in [5.74, 6) is 0.656. The van der Waals surface area contributed by atoms with Gasteiger partial charge in [0.2, 0.25) is 5.91 Å². The molecule has 3 rings (SSSR count). The van der Waals surface area contributed by atoms with Gasteiger partial charge in [0.25, 0.3) is 0 Å². The molecule has 6 nitrogen and oxygen atoms in total. The van der Waals surface area contributed by atoms with E-state index in [0.717, 1.165) is 22.6 Å². The van der Waals surface area contributed by atoms with Crippen LogP contribution in [0.4, 0.5) is 0 Å². The van der Waals surface area contributed by atoms with Gasteiger partial charge in [0.05, 0.1) is 25.0 Å². The Labute approximate surface area is 171 Å². The van der Waals surface area contributed by atoms with E-state index in [4.69, 9.17) is 4.74 Å². The third kappa shape index (κ3) is 5.56. The van der Waals surface area contributed by atoms with Gasteiger partial charge in [-0.25, -0.2) is 4.68 Å². The van der Waals surface area contributed by atoms with E-state index in [1.807, 2.05) is 74.9 Å². The predicted octanol–water partition coefficient (Wildman–Crippen LogP) is 3.31. The number of carbonyl (C=O) groups is 1. The zero-order valence-corrected chi connectivity index (χ0v) is 16.9. The second-order valence-corrected chi connectivity index (χ2v) is 6.89. The molecule has 0 spiro atoms. The van der Waals surface area contributed by atoms with Crippen molar-refractivity contribution < 1.29 is 9.53 Å². The number of hydrogen-bond donors (Lipinski definition) is 1. The number of likely N-dealkylation sites (N-methyl/N-ethyl adjacent to an activating group) is 1. The summed E-state index contributed by atoms with van der Waals surface area (Å²) in [7, 11) is 5.63. The average molecular weight is 390 g/mol. The fourth-order valence-electron chi connectivity index (χ4n) is 3.02. The topological polar surface area (TPSA) is 59.4 Å². The van der Waals surface area contributed by atoms with E-state index in [-0.39, 0.29) is 11.9 Å². The van der Waals surface area contributed by atoms with Crippen LogP contribution in [0.3, 0.4) is 0 Å². The first kappa shape index (κ1) is 20.4. The molecule has 0 aliphatic heterocycles. The summed E-state index contributed by atoms with van der Waals surface area (Å²) in [6, 6.07) is 17.8. The quantitative estimate of drug-likeness (QED) is 0.600. The lowest BCUT2D eigenvalue weighted by Crippen LogP contribution is -2.33. The largest absolute Gasteiger partial charge is 0.497 e. The Morgan fingerprint density at radius 2 is 2.00 bits per heavy atom. The number of hydrogen-bond acceptors (Lipinski definition) is 4. The number of benzene rings is 2. The molecule has 1 N–H and O–H groups in total. The van der Waals surface area contributed by atoms with Crippen molar-refractivity contribution in [1.29, 1.82) is 0 Å². The highest BCUT2D eigenvalue weighted by molar-refractivity contribution is 5.91. The number of ether oxygens (including phenoxy) is 1. The van der Waals surface area contributed by atoms with Crippen LogP contribution in [0.25, 0.3) is 11.8 Å². The van der Waals surface area contributed by atoms with Crippen molar-refractivity contribution in [2.75, 3.05) is 27.7 Å². The Morgan fingerprint density at radius 1 is 1.21 bits per heavy atom. The lowest BCUT2D eigenvalue weighted by molar-refractivity contribution is -0.116. The molecular weight excluding hydrogens is 364 g/mol. The normalized spacial score (nSPS) is 12.3. The maximum atomic E-state index is 12.3. The van der Waals surface area contributed by atoms with E-state index in [9.17, 15) is 4.79 Å². The van der Waals surface area contributed by atoms with Crippen molar-refractivity contribution >= 4 is 12.0 Å². The van der Waals surface area contributed by atoms with Crippen LogP contribution in [-0.2, 0) is 4.79 Å². The summed E-state index contributed by atoms with van der Waals surface area (Å²) in [5, 5.41) is 7.31. The number of para-hydroxylation sites is 1. The highest BCUT2D eigenvalue weighted by Crippen LogP contribution is 2.22. The number of carbonyl (C=O) groups excluding carboxylic acids is 1. The van der Waals surface area contributed by atoms with E-state index in [1.54, 1.807) is 24.1 Å². The standard InChI is InChI=1S/C23H26N4O2/c1-26(2)22(19-8-7-11-21(14-19)29-3)16-24-23(28)13-12-18-15-25-27(17-18)20-9-5-4-6-10-20/h4-15,17,22H,16H2,1-3H3,(H,24,28). The molecule has 0 fully saturated rings. The van der Waals surface area contributed by atoms with Crippen LogP contribution < -0.4 is 10.1 Å². The van der Waals surface area contributed by atoms with Crippen LogP contribution in [0.2, 0.25) is 0 Å². The van der Waals surface area contributed by atoms with Gasteiger partial charge in [0.1, 0.15) is 5.75 Å². The number of nitrogens with zero attached hydrogens (tertiary/aromatic N) is 3. The second-order valence-electron chi connectivity index (χ2n) is 6.89. The van der Waals surface area contributed by atoms with Crippen LogP contribution in [0.15, 0.2) is 73.1 Å². The zero-order chi connectivity index (χ0) is 20.6. The molecular formula is C23H26N4O2. The van der Waals surface area contributed by atoms with Gasteiger partial charge >= 0.3 is 0 Å². The summed E-state index contributed by atoms with van der Waals surface area (Å²) in [5.41, 5.74) is 2.92. The fourth-order valence-corrected chi connectivity index (χ4v) is 3.02. The molecule has 0 bridgehead atoms. The third-order valence-electron chi connectivity index (χ3n) is 4.62. The summed E-state index contributed by atoms with van der Waals surface area (Å²) in [6.07, 6.45) is 6.91. The Kier molecular flexibility index (Phi) is 6.81. The lowest BCUT2D eigenvalue weighted by atomic mass is 10.1. The second kappa shape index (κ2) is 9.71. The molecule has 1 aromatic heterocycles. The van der Waals surface area contributed by atoms with Crippen LogP contribution in [0.5, 0.6) is 5.75 Å². The first-order valence-corrected chi connectivity index (χ1v) is 9.43. The molecule has 3 aromatic rings.